The fourth-order valence-corrected chi connectivity index (χ4v) is 3.19. The molecule has 1 unspecified atom stereocenters. The molecule has 108 valence electrons. The molecule has 1 atom stereocenters. The first-order valence-electron chi connectivity index (χ1n) is 6.18. The van der Waals surface area contributed by atoms with Crippen molar-refractivity contribution in [3.8, 4) is 0 Å². The molecule has 0 saturated carbocycles. The van der Waals surface area contributed by atoms with Crippen molar-refractivity contribution >= 4 is 56.0 Å². The minimum absolute atomic E-state index is 0.0494. The standard InChI is InChI=1S/C14H10BrClFN3S/c1-7(8-2-4-11(17)9(15)6-8)18-13-10(16)3-5-12-14(13)20-21-19-12/h2-7,18H,1H3. The van der Waals surface area contributed by atoms with E-state index in [0.717, 1.165) is 34.0 Å². The third-order valence-electron chi connectivity index (χ3n) is 3.18. The summed E-state index contributed by atoms with van der Waals surface area (Å²) >= 11 is 10.6. The molecular formula is C14H10BrClFN3S. The van der Waals surface area contributed by atoms with Crippen LogP contribution in [-0.2, 0) is 0 Å². The van der Waals surface area contributed by atoms with Crippen LogP contribution in [0.5, 0.6) is 0 Å². The molecule has 21 heavy (non-hydrogen) atoms. The highest BCUT2D eigenvalue weighted by molar-refractivity contribution is 9.10. The zero-order valence-electron chi connectivity index (χ0n) is 10.9. The summed E-state index contributed by atoms with van der Waals surface area (Å²) in [6.45, 7) is 1.98. The van der Waals surface area contributed by atoms with Crippen LogP contribution in [0.15, 0.2) is 34.8 Å². The van der Waals surface area contributed by atoms with Gasteiger partial charge in [-0.1, -0.05) is 17.7 Å². The highest BCUT2D eigenvalue weighted by atomic mass is 79.9. The van der Waals surface area contributed by atoms with Gasteiger partial charge < -0.3 is 5.32 Å². The molecule has 0 aliphatic carbocycles. The molecule has 0 radical (unpaired) electrons. The molecule has 0 spiro atoms. The van der Waals surface area contributed by atoms with Crippen molar-refractivity contribution in [3.63, 3.8) is 0 Å². The molecule has 0 aliphatic rings. The van der Waals surface area contributed by atoms with E-state index < -0.39 is 0 Å². The first kappa shape index (κ1) is 14.7. The number of rotatable bonds is 3. The molecule has 7 heteroatoms. The van der Waals surface area contributed by atoms with Crippen LogP contribution in [0.4, 0.5) is 10.1 Å². The highest BCUT2D eigenvalue weighted by Gasteiger charge is 2.14. The van der Waals surface area contributed by atoms with Gasteiger partial charge in [-0.25, -0.2) is 4.39 Å². The normalized spacial score (nSPS) is 12.6. The van der Waals surface area contributed by atoms with E-state index in [1.54, 1.807) is 18.2 Å². The Bertz CT molecular complexity index is 808. The van der Waals surface area contributed by atoms with Crippen molar-refractivity contribution in [2.75, 3.05) is 5.32 Å². The first-order valence-corrected chi connectivity index (χ1v) is 8.08. The van der Waals surface area contributed by atoms with Gasteiger partial charge in [-0.3, -0.25) is 0 Å². The highest BCUT2D eigenvalue weighted by Crippen LogP contribution is 2.33. The van der Waals surface area contributed by atoms with Gasteiger partial charge in [0.1, 0.15) is 16.9 Å². The molecular weight excluding hydrogens is 377 g/mol. The third-order valence-corrected chi connectivity index (χ3v) is 4.65. The molecule has 3 rings (SSSR count). The zero-order chi connectivity index (χ0) is 15.0. The molecule has 2 aromatic carbocycles. The maximum Gasteiger partial charge on any atom is 0.137 e. The smallest absolute Gasteiger partial charge is 0.137 e. The quantitative estimate of drug-likeness (QED) is 0.653. The Labute approximate surface area is 138 Å². The molecule has 3 nitrogen and oxygen atoms in total. The molecule has 1 N–H and O–H groups in total. The Morgan fingerprint density at radius 3 is 2.86 bits per heavy atom. The molecule has 3 aromatic rings. The average Bonchev–Trinajstić information content (AvgIpc) is 2.93. The second-order valence-electron chi connectivity index (χ2n) is 4.59. The largest absolute Gasteiger partial charge is 0.375 e. The fourth-order valence-electron chi connectivity index (χ4n) is 2.05. The van der Waals surface area contributed by atoms with E-state index in [4.69, 9.17) is 11.6 Å². The van der Waals surface area contributed by atoms with E-state index in [-0.39, 0.29) is 11.9 Å². The average molecular weight is 387 g/mol. The Morgan fingerprint density at radius 2 is 2.10 bits per heavy atom. The first-order chi connectivity index (χ1) is 10.1. The third kappa shape index (κ3) is 2.88. The second kappa shape index (κ2) is 5.87. The summed E-state index contributed by atoms with van der Waals surface area (Å²) < 4.78 is 22.2. The summed E-state index contributed by atoms with van der Waals surface area (Å²) in [6.07, 6.45) is 0. The second-order valence-corrected chi connectivity index (χ2v) is 6.38. The number of nitrogens with zero attached hydrogens (tertiary/aromatic N) is 2. The number of hydrogen-bond acceptors (Lipinski definition) is 4. The molecule has 0 bridgehead atoms. The van der Waals surface area contributed by atoms with Crippen LogP contribution in [0.2, 0.25) is 5.02 Å². The summed E-state index contributed by atoms with van der Waals surface area (Å²) in [6, 6.07) is 8.51. The monoisotopic (exact) mass is 385 g/mol. The van der Waals surface area contributed by atoms with E-state index >= 15 is 0 Å². The van der Waals surface area contributed by atoms with Crippen LogP contribution in [0.3, 0.4) is 0 Å². The van der Waals surface area contributed by atoms with Gasteiger partial charge in [-0.2, -0.15) is 8.75 Å². The van der Waals surface area contributed by atoms with Gasteiger partial charge >= 0.3 is 0 Å². The van der Waals surface area contributed by atoms with Crippen molar-refractivity contribution in [1.82, 2.24) is 8.75 Å². The lowest BCUT2D eigenvalue weighted by atomic mass is 10.1. The van der Waals surface area contributed by atoms with Crippen LogP contribution < -0.4 is 5.32 Å². The summed E-state index contributed by atoms with van der Waals surface area (Å²) in [4.78, 5) is 0. The van der Waals surface area contributed by atoms with Crippen molar-refractivity contribution in [2.24, 2.45) is 0 Å². The minimum Gasteiger partial charge on any atom is -0.375 e. The zero-order valence-corrected chi connectivity index (χ0v) is 14.1. The van der Waals surface area contributed by atoms with Gasteiger partial charge in [0.05, 0.1) is 26.9 Å². The predicted molar refractivity (Wildman–Crippen MR) is 88.6 cm³/mol. The SMILES string of the molecule is CC(Nc1c(Cl)ccc2nsnc12)c1ccc(F)c(Br)c1. The van der Waals surface area contributed by atoms with Gasteiger partial charge in [-0.15, -0.1) is 0 Å². The Balaban J connectivity index is 1.95. The number of fused-ring (bicyclic) bond motifs is 1. The number of anilines is 1. The molecule has 0 saturated heterocycles. The van der Waals surface area contributed by atoms with Crippen molar-refractivity contribution < 1.29 is 4.39 Å². The lowest BCUT2D eigenvalue weighted by Crippen LogP contribution is -2.07. The molecule has 1 aromatic heterocycles. The van der Waals surface area contributed by atoms with E-state index in [1.165, 1.54) is 6.07 Å². The van der Waals surface area contributed by atoms with Crippen LogP contribution in [0.1, 0.15) is 18.5 Å². The van der Waals surface area contributed by atoms with Crippen molar-refractivity contribution in [2.45, 2.75) is 13.0 Å². The van der Waals surface area contributed by atoms with Crippen LogP contribution in [0, 0.1) is 5.82 Å². The van der Waals surface area contributed by atoms with Crippen LogP contribution in [-0.4, -0.2) is 8.75 Å². The topological polar surface area (TPSA) is 37.8 Å². The molecule has 0 fully saturated rings. The predicted octanol–water partition coefficient (Wildman–Crippen LogP) is 5.42. The molecule has 0 aliphatic heterocycles. The van der Waals surface area contributed by atoms with Crippen molar-refractivity contribution in [3.05, 3.63) is 51.2 Å². The summed E-state index contributed by atoms with van der Waals surface area (Å²) in [7, 11) is 0. The lowest BCUT2D eigenvalue weighted by Gasteiger charge is -2.17. The number of aromatic nitrogens is 2. The molecule has 1 heterocycles. The van der Waals surface area contributed by atoms with E-state index in [2.05, 4.69) is 30.0 Å². The van der Waals surface area contributed by atoms with Gasteiger partial charge in [0.15, 0.2) is 0 Å². The van der Waals surface area contributed by atoms with Gasteiger partial charge in [-0.05, 0) is 52.7 Å². The maximum atomic E-state index is 13.3. The number of hydrogen-bond donors (Lipinski definition) is 1. The number of halogens is 3. The van der Waals surface area contributed by atoms with E-state index in [1.807, 2.05) is 13.0 Å². The maximum absolute atomic E-state index is 13.3. The van der Waals surface area contributed by atoms with Gasteiger partial charge in [0.2, 0.25) is 0 Å². The van der Waals surface area contributed by atoms with Gasteiger partial charge in [0, 0.05) is 6.04 Å². The van der Waals surface area contributed by atoms with Crippen LogP contribution in [0.25, 0.3) is 11.0 Å². The van der Waals surface area contributed by atoms with Crippen LogP contribution >= 0.6 is 39.3 Å². The Kier molecular flexibility index (Phi) is 4.10. The summed E-state index contributed by atoms with van der Waals surface area (Å²) in [5, 5.41) is 3.92. The van der Waals surface area contributed by atoms with Crippen molar-refractivity contribution in [1.29, 1.82) is 0 Å². The van der Waals surface area contributed by atoms with Gasteiger partial charge in [0.25, 0.3) is 0 Å². The lowest BCUT2D eigenvalue weighted by molar-refractivity contribution is 0.619. The molecule has 0 amide bonds. The van der Waals surface area contributed by atoms with E-state index in [0.29, 0.717) is 9.50 Å². The number of benzene rings is 2. The summed E-state index contributed by atoms with van der Waals surface area (Å²) in [5.74, 6) is -0.283. The minimum atomic E-state index is -0.283. The Morgan fingerprint density at radius 1 is 1.29 bits per heavy atom. The number of nitrogens with one attached hydrogen (secondary N) is 1. The summed E-state index contributed by atoms with van der Waals surface area (Å²) in [5.41, 5.74) is 3.25. The fraction of sp³-hybridized carbons (Fsp3) is 0.143. The van der Waals surface area contributed by atoms with E-state index in [9.17, 15) is 4.39 Å². The Hall–Kier alpha value is -1.24.